The maximum atomic E-state index is 14.1. The van der Waals surface area contributed by atoms with E-state index in [0.29, 0.717) is 11.0 Å². The van der Waals surface area contributed by atoms with Crippen molar-refractivity contribution in [1.82, 2.24) is 14.1 Å². The number of rotatable bonds is 1. The Morgan fingerprint density at radius 1 is 1.35 bits per heavy atom. The smallest absolute Gasteiger partial charge is 0.295 e. The van der Waals surface area contributed by atoms with E-state index in [2.05, 4.69) is 4.98 Å². The van der Waals surface area contributed by atoms with E-state index >= 15 is 0 Å². The number of imidazole rings is 1. The number of fused-ring (bicyclic) bond motifs is 1. The van der Waals surface area contributed by atoms with Gasteiger partial charge in [0.05, 0.1) is 11.0 Å². The highest BCUT2D eigenvalue weighted by Crippen LogP contribution is 2.30. The predicted molar refractivity (Wildman–Crippen MR) is 65.1 cm³/mol. The Bertz CT molecular complexity index is 651. The molecule has 0 aromatic carbocycles. The Labute approximate surface area is 103 Å². The van der Waals surface area contributed by atoms with Crippen LogP contribution in [0.2, 0.25) is 5.15 Å². The van der Waals surface area contributed by atoms with E-state index in [1.807, 2.05) is 0 Å². The maximum absolute atomic E-state index is 14.1. The van der Waals surface area contributed by atoms with Gasteiger partial charge in [0, 0.05) is 20.2 Å². The van der Waals surface area contributed by atoms with Crippen molar-refractivity contribution in [3.63, 3.8) is 0 Å². The van der Waals surface area contributed by atoms with Gasteiger partial charge in [-0.05, 0) is 13.8 Å². The zero-order valence-electron chi connectivity index (χ0n) is 10.1. The summed E-state index contributed by atoms with van der Waals surface area (Å²) in [5.74, 6) is 0. The van der Waals surface area contributed by atoms with Gasteiger partial charge in [0.1, 0.15) is 16.5 Å². The molecule has 0 aliphatic carbocycles. The van der Waals surface area contributed by atoms with Gasteiger partial charge in [0.25, 0.3) is 0 Å². The van der Waals surface area contributed by atoms with E-state index in [4.69, 9.17) is 11.6 Å². The monoisotopic (exact) mass is 257 g/mol. The second-order valence-electron chi connectivity index (χ2n) is 4.53. The molecule has 2 heterocycles. The Morgan fingerprint density at radius 2 is 1.94 bits per heavy atom. The third-order valence-electron chi connectivity index (χ3n) is 2.78. The molecule has 0 bridgehead atoms. The first-order valence-corrected chi connectivity index (χ1v) is 5.52. The number of nitrogens with zero attached hydrogens (tertiary/aromatic N) is 3. The van der Waals surface area contributed by atoms with Crippen LogP contribution in [-0.4, -0.2) is 14.1 Å². The van der Waals surface area contributed by atoms with Crippen LogP contribution in [0.3, 0.4) is 0 Å². The van der Waals surface area contributed by atoms with Gasteiger partial charge in [0.15, 0.2) is 0 Å². The largest absolute Gasteiger partial charge is 0.328 e. The normalized spacial score (nSPS) is 12.4. The summed E-state index contributed by atoms with van der Waals surface area (Å²) in [7, 11) is 3.21. The van der Waals surface area contributed by atoms with Crippen molar-refractivity contribution in [1.29, 1.82) is 0 Å². The van der Waals surface area contributed by atoms with Gasteiger partial charge >= 0.3 is 5.69 Å². The molecule has 2 rings (SSSR count). The molecule has 92 valence electrons. The van der Waals surface area contributed by atoms with Crippen molar-refractivity contribution < 1.29 is 4.39 Å². The van der Waals surface area contributed by atoms with E-state index in [-0.39, 0.29) is 16.5 Å². The first-order valence-electron chi connectivity index (χ1n) is 5.15. The molecule has 0 atom stereocenters. The van der Waals surface area contributed by atoms with Gasteiger partial charge in [-0.1, -0.05) is 11.6 Å². The van der Waals surface area contributed by atoms with Crippen molar-refractivity contribution in [3.8, 4) is 0 Å². The maximum Gasteiger partial charge on any atom is 0.328 e. The molecule has 0 aliphatic rings. The second-order valence-corrected chi connectivity index (χ2v) is 4.92. The van der Waals surface area contributed by atoms with Gasteiger partial charge in [-0.3, -0.25) is 9.13 Å². The van der Waals surface area contributed by atoms with Gasteiger partial charge < -0.3 is 0 Å². The van der Waals surface area contributed by atoms with Gasteiger partial charge in [0.2, 0.25) is 0 Å². The SMILES string of the molecule is Cn1c(=O)n(C)c2c(C(C)(C)F)nc(Cl)cc21. The lowest BCUT2D eigenvalue weighted by atomic mass is 10.1. The summed E-state index contributed by atoms with van der Waals surface area (Å²) < 4.78 is 16.9. The zero-order valence-corrected chi connectivity index (χ0v) is 10.8. The molecular weight excluding hydrogens is 245 g/mol. The van der Waals surface area contributed by atoms with Gasteiger partial charge in [-0.25, -0.2) is 14.2 Å². The Hall–Kier alpha value is -1.36. The van der Waals surface area contributed by atoms with Crippen LogP contribution in [0.1, 0.15) is 19.5 Å². The Balaban J connectivity index is 3.04. The Morgan fingerprint density at radius 3 is 2.47 bits per heavy atom. The molecule has 6 heteroatoms. The van der Waals surface area contributed by atoms with E-state index < -0.39 is 5.67 Å². The first kappa shape index (κ1) is 12.1. The van der Waals surface area contributed by atoms with Crippen molar-refractivity contribution in [3.05, 3.63) is 27.4 Å². The van der Waals surface area contributed by atoms with Gasteiger partial charge in [-0.15, -0.1) is 0 Å². The molecule has 17 heavy (non-hydrogen) atoms. The summed E-state index contributed by atoms with van der Waals surface area (Å²) in [6.07, 6.45) is 0. The minimum atomic E-state index is -1.66. The lowest BCUT2D eigenvalue weighted by molar-refractivity contribution is 0.216. The summed E-state index contributed by atoms with van der Waals surface area (Å²) in [4.78, 5) is 15.8. The highest BCUT2D eigenvalue weighted by molar-refractivity contribution is 6.30. The molecule has 2 aromatic rings. The fourth-order valence-electron chi connectivity index (χ4n) is 1.92. The highest BCUT2D eigenvalue weighted by atomic mass is 35.5. The van der Waals surface area contributed by atoms with Crippen molar-refractivity contribution >= 4 is 22.6 Å². The lowest BCUT2D eigenvalue weighted by Crippen LogP contribution is -2.20. The number of aromatic nitrogens is 3. The molecule has 0 aliphatic heterocycles. The predicted octanol–water partition coefficient (Wildman–Crippen LogP) is 2.13. The van der Waals surface area contributed by atoms with Crippen LogP contribution in [0.4, 0.5) is 4.39 Å². The molecule has 0 spiro atoms. The van der Waals surface area contributed by atoms with Crippen LogP contribution in [0.5, 0.6) is 0 Å². The van der Waals surface area contributed by atoms with Crippen LogP contribution in [-0.2, 0) is 19.8 Å². The number of pyridine rings is 1. The van der Waals surface area contributed by atoms with Crippen molar-refractivity contribution in [2.45, 2.75) is 19.5 Å². The van der Waals surface area contributed by atoms with Crippen LogP contribution in [0, 0.1) is 0 Å². The summed E-state index contributed by atoms with van der Waals surface area (Å²) in [6, 6.07) is 1.56. The second kappa shape index (κ2) is 3.57. The third kappa shape index (κ3) is 1.74. The minimum Gasteiger partial charge on any atom is -0.295 e. The first-order chi connectivity index (χ1) is 7.73. The highest BCUT2D eigenvalue weighted by Gasteiger charge is 2.27. The minimum absolute atomic E-state index is 0.180. The van der Waals surface area contributed by atoms with Crippen LogP contribution < -0.4 is 5.69 Å². The number of aryl methyl sites for hydroxylation is 2. The molecular formula is C11H13ClFN3O. The number of hydrogen-bond acceptors (Lipinski definition) is 2. The summed E-state index contributed by atoms with van der Waals surface area (Å²) in [6.45, 7) is 2.78. The molecule has 2 aromatic heterocycles. The lowest BCUT2D eigenvalue weighted by Gasteiger charge is -2.15. The number of hydrogen-bond donors (Lipinski definition) is 0. The van der Waals surface area contributed by atoms with Crippen LogP contribution in [0.15, 0.2) is 10.9 Å². The molecule has 0 fully saturated rings. The zero-order chi connectivity index (χ0) is 13.0. The molecule has 0 saturated heterocycles. The van der Waals surface area contributed by atoms with E-state index in [1.54, 1.807) is 20.2 Å². The number of alkyl halides is 1. The van der Waals surface area contributed by atoms with Crippen molar-refractivity contribution in [2.24, 2.45) is 14.1 Å². The quantitative estimate of drug-likeness (QED) is 0.735. The molecule has 0 amide bonds. The summed E-state index contributed by atoms with van der Waals surface area (Å²) in [5, 5.41) is 0.180. The van der Waals surface area contributed by atoms with Gasteiger partial charge in [-0.2, -0.15) is 0 Å². The fraction of sp³-hybridized carbons (Fsp3) is 0.455. The third-order valence-corrected chi connectivity index (χ3v) is 2.97. The molecule has 0 unspecified atom stereocenters. The van der Waals surface area contributed by atoms with Crippen LogP contribution >= 0.6 is 11.6 Å². The van der Waals surface area contributed by atoms with Crippen LogP contribution in [0.25, 0.3) is 11.0 Å². The summed E-state index contributed by atoms with van der Waals surface area (Å²) >= 11 is 5.86. The average Bonchev–Trinajstić information content (AvgIpc) is 2.42. The fourth-order valence-corrected chi connectivity index (χ4v) is 2.11. The van der Waals surface area contributed by atoms with E-state index in [1.165, 1.54) is 23.0 Å². The summed E-state index contributed by atoms with van der Waals surface area (Å²) in [5.41, 5.74) is -0.642. The topological polar surface area (TPSA) is 39.8 Å². The average molecular weight is 258 g/mol. The van der Waals surface area contributed by atoms with Crippen molar-refractivity contribution in [2.75, 3.05) is 0 Å². The van der Waals surface area contributed by atoms with E-state index in [0.717, 1.165) is 0 Å². The van der Waals surface area contributed by atoms with E-state index in [9.17, 15) is 9.18 Å². The molecule has 0 radical (unpaired) electrons. The number of halogens is 2. The molecule has 0 saturated carbocycles. The Kier molecular flexibility index (Phi) is 2.54. The molecule has 4 nitrogen and oxygen atoms in total. The standard InChI is InChI=1S/C11H13ClFN3O/c1-11(2,13)9-8-6(5-7(12)14-9)15(3)10(17)16(8)4/h5H,1-4H3. The molecule has 0 N–H and O–H groups in total.